The molecule has 0 saturated heterocycles. The van der Waals surface area contributed by atoms with Gasteiger partial charge >= 0.3 is 0 Å². The molecule has 1 atom stereocenters. The summed E-state index contributed by atoms with van der Waals surface area (Å²) in [6.45, 7) is 9.45. The van der Waals surface area contributed by atoms with Gasteiger partial charge in [-0.2, -0.15) is 0 Å². The molecule has 2 aliphatic rings. The quantitative estimate of drug-likeness (QED) is 0.135. The highest BCUT2D eigenvalue weighted by Crippen LogP contribution is 2.67. The maximum absolute atomic E-state index is 7.32. The van der Waals surface area contributed by atoms with Gasteiger partial charge in [-0.25, -0.2) is 0 Å². The highest BCUT2D eigenvalue weighted by Gasteiger charge is 2.54. The number of nitrogens with zero attached hydrogens (tertiary/aromatic N) is 2. The lowest BCUT2D eigenvalue weighted by Crippen LogP contribution is -2.38. The Balaban J connectivity index is 0.820. The molecule has 19 rings (SSSR count). The summed E-state index contributed by atoms with van der Waals surface area (Å²) in [4.78, 5) is 4.77. The van der Waals surface area contributed by atoms with Crippen LogP contribution >= 0.6 is 0 Å². The first-order chi connectivity index (χ1) is 46.2. The molecule has 0 bridgehead atoms. The van der Waals surface area contributed by atoms with E-state index >= 15 is 0 Å². The van der Waals surface area contributed by atoms with Crippen LogP contribution in [0.5, 0.6) is 0 Å². The smallest absolute Gasteiger partial charge is 0.159 e. The van der Waals surface area contributed by atoms with Crippen LogP contribution in [0.25, 0.3) is 121 Å². The Bertz CT molecular complexity index is 6010. The number of fused-ring (bicyclic) bond motifs is 22. The van der Waals surface area contributed by atoms with E-state index in [1.807, 2.05) is 0 Å². The predicted molar refractivity (Wildman–Crippen MR) is 398 cm³/mol. The zero-order chi connectivity index (χ0) is 62.6. The topological polar surface area (TPSA) is 32.8 Å². The zero-order valence-corrected chi connectivity index (χ0v) is 53.6. The third kappa shape index (κ3) is 7.79. The van der Waals surface area contributed by atoms with Crippen LogP contribution in [0.1, 0.15) is 27.8 Å². The van der Waals surface area contributed by atoms with Crippen molar-refractivity contribution in [3.63, 3.8) is 0 Å². The maximum Gasteiger partial charge on any atom is 0.159 e. The van der Waals surface area contributed by atoms with Crippen molar-refractivity contribution in [3.8, 4) is 44.5 Å². The van der Waals surface area contributed by atoms with Crippen LogP contribution in [0.15, 0.2) is 312 Å². The minimum atomic E-state index is -1.72. The highest BCUT2D eigenvalue weighted by molar-refractivity contribution is 6.89. The molecule has 94 heavy (non-hydrogen) atoms. The first-order valence-corrected chi connectivity index (χ1v) is 36.2. The van der Waals surface area contributed by atoms with Gasteiger partial charge in [-0.3, -0.25) is 0 Å². The lowest BCUT2D eigenvalue weighted by Gasteiger charge is -2.33. The Morgan fingerprint density at radius 1 is 0.287 bits per heavy atom. The summed E-state index contributed by atoms with van der Waals surface area (Å²) >= 11 is 0. The Kier molecular flexibility index (Phi) is 11.8. The SMILES string of the molecule is Cc1ccccc1-c1cccc2c1oc1c(N(c3ccccc3)c3ccc4c5c(ccc4c3)-c3ccc4cc(N(c6ccccc6)c6cccc7c6oc6c(-c8ccccc8[Si](C)(C)C)cccc67)ccc4c3C53c4ccccc4-c4c3ccc3ccccc43)cccc12. The first-order valence-electron chi connectivity index (χ1n) is 32.7. The Hall–Kier alpha value is -11.5. The lowest BCUT2D eigenvalue weighted by molar-refractivity contribution is 0.670. The fourth-order valence-corrected chi connectivity index (χ4v) is 18.1. The van der Waals surface area contributed by atoms with Crippen molar-refractivity contribution < 1.29 is 8.83 Å². The molecule has 17 aromatic rings. The van der Waals surface area contributed by atoms with E-state index in [1.165, 1.54) is 87.9 Å². The first kappa shape index (κ1) is 54.3. The molecule has 444 valence electrons. The second-order valence-corrected chi connectivity index (χ2v) is 31.7. The number of para-hydroxylation sites is 6. The molecule has 4 nitrogen and oxygen atoms in total. The highest BCUT2D eigenvalue weighted by atomic mass is 28.3. The third-order valence-electron chi connectivity index (χ3n) is 20.5. The minimum Gasteiger partial charge on any atom is -0.453 e. The molecule has 5 heteroatoms. The molecule has 1 unspecified atom stereocenters. The molecule has 15 aromatic carbocycles. The van der Waals surface area contributed by atoms with Crippen molar-refractivity contribution in [3.05, 3.63) is 331 Å². The number of hydrogen-bond acceptors (Lipinski definition) is 4. The Labute approximate surface area is 546 Å². The zero-order valence-electron chi connectivity index (χ0n) is 52.6. The summed E-state index contributed by atoms with van der Waals surface area (Å²) in [6.07, 6.45) is 0. The van der Waals surface area contributed by atoms with Gasteiger partial charge in [0.15, 0.2) is 11.2 Å². The number of aryl methyl sites for hydroxylation is 1. The van der Waals surface area contributed by atoms with Crippen molar-refractivity contribution >= 4 is 124 Å². The van der Waals surface area contributed by atoms with E-state index in [1.54, 1.807) is 0 Å². The van der Waals surface area contributed by atoms with Gasteiger partial charge < -0.3 is 18.6 Å². The molecule has 0 aliphatic heterocycles. The molecule has 0 amide bonds. The molecule has 2 heterocycles. The van der Waals surface area contributed by atoms with Crippen molar-refractivity contribution in [2.75, 3.05) is 9.80 Å². The molecule has 0 saturated carbocycles. The van der Waals surface area contributed by atoms with Crippen molar-refractivity contribution in [1.29, 1.82) is 0 Å². The summed E-state index contributed by atoms with van der Waals surface area (Å²) in [5, 5.41) is 13.1. The number of benzene rings is 15. The molecule has 0 radical (unpaired) electrons. The van der Waals surface area contributed by atoms with E-state index in [2.05, 4.69) is 340 Å². The van der Waals surface area contributed by atoms with Crippen molar-refractivity contribution in [2.24, 2.45) is 0 Å². The average molecular weight is 1220 g/mol. The van der Waals surface area contributed by atoms with E-state index in [0.717, 1.165) is 99.9 Å². The normalized spacial score (nSPS) is 14.0. The van der Waals surface area contributed by atoms with E-state index < -0.39 is 13.5 Å². The summed E-state index contributed by atoms with van der Waals surface area (Å²) < 4.78 is 14.5. The van der Waals surface area contributed by atoms with Crippen molar-refractivity contribution in [2.45, 2.75) is 32.0 Å². The molecular weight excluding hydrogens is 1160 g/mol. The van der Waals surface area contributed by atoms with Crippen LogP contribution in [0, 0.1) is 6.92 Å². The van der Waals surface area contributed by atoms with E-state index in [-0.39, 0.29) is 0 Å². The van der Waals surface area contributed by atoms with Gasteiger partial charge in [0, 0.05) is 55.4 Å². The largest absolute Gasteiger partial charge is 0.453 e. The van der Waals surface area contributed by atoms with Crippen LogP contribution in [-0.4, -0.2) is 8.07 Å². The second kappa shape index (κ2) is 20.5. The van der Waals surface area contributed by atoms with E-state index in [9.17, 15) is 0 Å². The number of hydrogen-bond donors (Lipinski definition) is 0. The molecule has 1 spiro atoms. The molecule has 0 fully saturated rings. The third-order valence-corrected chi connectivity index (χ3v) is 22.5. The predicted octanol–water partition coefficient (Wildman–Crippen LogP) is 24.4. The molecule has 2 aromatic heterocycles. The van der Waals surface area contributed by atoms with E-state index in [4.69, 9.17) is 8.83 Å². The monoisotopic (exact) mass is 1220 g/mol. The van der Waals surface area contributed by atoms with Crippen molar-refractivity contribution in [1.82, 2.24) is 0 Å². The van der Waals surface area contributed by atoms with Gasteiger partial charge in [0.2, 0.25) is 0 Å². The Morgan fingerprint density at radius 3 is 1.31 bits per heavy atom. The standard InChI is InChI=1S/C89H62N2O2Si/c1-55-23-11-13-29-63(55)70-33-19-35-72-74-37-21-40-79(87(74)92-85(70)72)90(59-25-7-5-8-26-59)61-46-50-65-57(53-61)43-48-68-69-49-44-58-54-62(47-51-66(58)84(69)89(83(65)68)77-39-17-15-32-76(77)82-64-30-14-12-24-56(64)45-52-78(82)89)91(60-27-9-6-10-28-60)80-41-22-38-75-73-36-20-34-71(86(73)93-88(75)80)67-31-16-18-42-81(67)94(2,3)4/h5-54H,1-4H3. The number of furan rings is 2. The maximum atomic E-state index is 7.32. The Morgan fingerprint density at radius 2 is 0.734 bits per heavy atom. The molecule has 0 N–H and O–H groups in total. The average Bonchev–Trinajstić information content (AvgIpc) is 1.49. The van der Waals surface area contributed by atoms with Crippen LogP contribution < -0.4 is 15.0 Å². The second-order valence-electron chi connectivity index (χ2n) is 26.6. The van der Waals surface area contributed by atoms with Gasteiger partial charge in [0.1, 0.15) is 11.2 Å². The van der Waals surface area contributed by atoms with Crippen LogP contribution in [0.4, 0.5) is 34.1 Å². The molecular formula is C89H62N2O2Si. The number of rotatable bonds is 9. The summed E-state index contributed by atoms with van der Waals surface area (Å²) in [6, 6.07) is 112. The van der Waals surface area contributed by atoms with Gasteiger partial charge in [-0.05, 0) is 161 Å². The lowest BCUT2D eigenvalue weighted by atomic mass is 9.68. The summed E-state index contributed by atoms with van der Waals surface area (Å²) in [5.74, 6) is 0. The number of anilines is 6. The van der Waals surface area contributed by atoms with Crippen LogP contribution in [0.2, 0.25) is 19.6 Å². The van der Waals surface area contributed by atoms with Crippen LogP contribution in [0.3, 0.4) is 0 Å². The van der Waals surface area contributed by atoms with Gasteiger partial charge in [-0.1, -0.05) is 267 Å². The van der Waals surface area contributed by atoms with Gasteiger partial charge in [0.05, 0.1) is 24.9 Å². The summed E-state index contributed by atoms with van der Waals surface area (Å²) in [5.41, 5.74) is 25.1. The van der Waals surface area contributed by atoms with Gasteiger partial charge in [-0.15, -0.1) is 0 Å². The van der Waals surface area contributed by atoms with Crippen LogP contribution in [-0.2, 0) is 5.41 Å². The van der Waals surface area contributed by atoms with Gasteiger partial charge in [0.25, 0.3) is 0 Å². The van der Waals surface area contributed by atoms with E-state index in [0.29, 0.717) is 0 Å². The minimum absolute atomic E-state index is 0.693. The fraction of sp³-hybridized carbons (Fsp3) is 0.0562. The fourth-order valence-electron chi connectivity index (χ4n) is 16.5. The summed E-state index contributed by atoms with van der Waals surface area (Å²) in [7, 11) is -1.72. The molecule has 2 aliphatic carbocycles.